The molecule has 94 valence electrons. The smallest absolute Gasteiger partial charge is 0.178 e. The summed E-state index contributed by atoms with van der Waals surface area (Å²) in [6.07, 6.45) is 3.28. The van der Waals surface area contributed by atoms with Crippen LogP contribution in [0.5, 0.6) is 0 Å². The van der Waals surface area contributed by atoms with E-state index in [1.807, 2.05) is 0 Å². The van der Waals surface area contributed by atoms with Gasteiger partial charge < -0.3 is 0 Å². The van der Waals surface area contributed by atoms with E-state index in [1.165, 1.54) is 17.8 Å². The Bertz CT molecular complexity index is 359. The fraction of sp³-hybridized carbons (Fsp3) is 0.462. The zero-order chi connectivity index (χ0) is 12.7. The maximum atomic E-state index is 13.3. The van der Waals surface area contributed by atoms with E-state index in [-0.39, 0.29) is 5.75 Å². The van der Waals surface area contributed by atoms with Crippen molar-refractivity contribution in [3.05, 3.63) is 35.4 Å². The quantitative estimate of drug-likeness (QED) is 0.541. The number of rotatable bonds is 7. The van der Waals surface area contributed by atoms with Crippen LogP contribution in [-0.2, 0) is 0 Å². The van der Waals surface area contributed by atoms with Gasteiger partial charge in [-0.05, 0) is 24.3 Å². The van der Waals surface area contributed by atoms with Gasteiger partial charge in [-0.25, -0.2) is 8.78 Å². The first-order chi connectivity index (χ1) is 8.16. The first kappa shape index (κ1) is 14.2. The molecule has 1 aromatic rings. The van der Waals surface area contributed by atoms with E-state index in [2.05, 4.69) is 6.92 Å². The molecule has 0 aliphatic heterocycles. The molecule has 17 heavy (non-hydrogen) atoms. The zero-order valence-electron chi connectivity index (χ0n) is 9.84. The molecule has 0 heterocycles. The molecule has 0 fully saturated rings. The highest BCUT2D eigenvalue weighted by Gasteiger charge is 2.16. The van der Waals surface area contributed by atoms with Crippen molar-refractivity contribution in [2.75, 3.05) is 11.5 Å². The van der Waals surface area contributed by atoms with Crippen molar-refractivity contribution < 1.29 is 13.6 Å². The van der Waals surface area contributed by atoms with Gasteiger partial charge in [0.05, 0.1) is 11.3 Å². The standard InChI is InChI=1S/C13H16F2OS/c1-2-3-4-8-17-9-12(16)13-10(14)6-5-7-11(13)15/h5-7H,2-4,8-9H2,1H3. The number of Topliss-reactive ketones (excluding diaryl/α,β-unsaturated/α-hetero) is 1. The van der Waals surface area contributed by atoms with Crippen LogP contribution < -0.4 is 0 Å². The first-order valence-corrected chi connectivity index (χ1v) is 6.87. The Kier molecular flexibility index (Phi) is 6.19. The van der Waals surface area contributed by atoms with Crippen molar-refractivity contribution >= 4 is 17.5 Å². The maximum Gasteiger partial charge on any atom is 0.178 e. The third kappa shape index (κ3) is 4.46. The van der Waals surface area contributed by atoms with E-state index >= 15 is 0 Å². The molecule has 0 amide bonds. The molecule has 1 nitrogen and oxygen atoms in total. The minimum absolute atomic E-state index is 0.140. The van der Waals surface area contributed by atoms with Crippen LogP contribution in [0, 0.1) is 11.6 Å². The number of benzene rings is 1. The van der Waals surface area contributed by atoms with Crippen LogP contribution in [0.4, 0.5) is 8.78 Å². The second-order valence-corrected chi connectivity index (χ2v) is 4.88. The third-order valence-corrected chi connectivity index (χ3v) is 3.41. The van der Waals surface area contributed by atoms with Gasteiger partial charge in [-0.1, -0.05) is 25.8 Å². The average molecular weight is 258 g/mol. The molecule has 0 spiro atoms. The topological polar surface area (TPSA) is 17.1 Å². The van der Waals surface area contributed by atoms with Crippen molar-refractivity contribution in [1.82, 2.24) is 0 Å². The number of unbranched alkanes of at least 4 members (excludes halogenated alkanes) is 2. The van der Waals surface area contributed by atoms with Crippen LogP contribution in [0.3, 0.4) is 0 Å². The van der Waals surface area contributed by atoms with Gasteiger partial charge in [0.15, 0.2) is 5.78 Å². The Morgan fingerprint density at radius 2 is 1.88 bits per heavy atom. The van der Waals surface area contributed by atoms with Gasteiger partial charge in [0, 0.05) is 0 Å². The van der Waals surface area contributed by atoms with Gasteiger partial charge in [0.25, 0.3) is 0 Å². The lowest BCUT2D eigenvalue weighted by Gasteiger charge is -2.04. The molecular weight excluding hydrogens is 242 g/mol. The molecule has 0 bridgehead atoms. The van der Waals surface area contributed by atoms with E-state index < -0.39 is 23.0 Å². The third-order valence-electron chi connectivity index (χ3n) is 2.37. The summed E-state index contributed by atoms with van der Waals surface area (Å²) in [5.41, 5.74) is -0.407. The van der Waals surface area contributed by atoms with Crippen LogP contribution in [0.1, 0.15) is 36.5 Å². The highest BCUT2D eigenvalue weighted by atomic mass is 32.2. The number of ketones is 1. The van der Waals surface area contributed by atoms with Crippen molar-refractivity contribution in [3.8, 4) is 0 Å². The lowest BCUT2D eigenvalue weighted by molar-refractivity contribution is 0.101. The first-order valence-electron chi connectivity index (χ1n) is 5.71. The van der Waals surface area contributed by atoms with Gasteiger partial charge >= 0.3 is 0 Å². The normalized spacial score (nSPS) is 10.5. The summed E-state index contributed by atoms with van der Waals surface area (Å²) in [5.74, 6) is -1.02. The monoisotopic (exact) mass is 258 g/mol. The van der Waals surface area contributed by atoms with E-state index in [0.717, 1.165) is 37.1 Å². The maximum absolute atomic E-state index is 13.3. The van der Waals surface area contributed by atoms with Crippen molar-refractivity contribution in [1.29, 1.82) is 0 Å². The molecule has 0 unspecified atom stereocenters. The lowest BCUT2D eigenvalue weighted by atomic mass is 10.1. The number of hydrogen-bond donors (Lipinski definition) is 0. The summed E-state index contributed by atoms with van der Waals surface area (Å²) >= 11 is 1.43. The van der Waals surface area contributed by atoms with Crippen molar-refractivity contribution in [2.24, 2.45) is 0 Å². The van der Waals surface area contributed by atoms with E-state index in [4.69, 9.17) is 0 Å². The van der Waals surface area contributed by atoms with Crippen LogP contribution >= 0.6 is 11.8 Å². The van der Waals surface area contributed by atoms with Crippen molar-refractivity contribution in [2.45, 2.75) is 26.2 Å². The summed E-state index contributed by atoms with van der Waals surface area (Å²) in [4.78, 5) is 11.6. The molecular formula is C13H16F2OS. The largest absolute Gasteiger partial charge is 0.293 e. The van der Waals surface area contributed by atoms with Gasteiger partial charge in [-0.15, -0.1) is 0 Å². The van der Waals surface area contributed by atoms with E-state index in [0.29, 0.717) is 0 Å². The number of hydrogen-bond acceptors (Lipinski definition) is 2. The molecule has 0 saturated carbocycles. The average Bonchev–Trinajstić information content (AvgIpc) is 2.28. The molecule has 0 atom stereocenters. The van der Waals surface area contributed by atoms with E-state index in [1.54, 1.807) is 0 Å². The Labute approximate surface area is 105 Å². The van der Waals surface area contributed by atoms with Crippen LogP contribution in [0.15, 0.2) is 18.2 Å². The van der Waals surface area contributed by atoms with E-state index in [9.17, 15) is 13.6 Å². The number of halogens is 2. The summed E-state index contributed by atoms with van der Waals surface area (Å²) in [5, 5.41) is 0. The minimum atomic E-state index is -0.774. The highest BCUT2D eigenvalue weighted by Crippen LogP contribution is 2.16. The summed E-state index contributed by atoms with van der Waals surface area (Å²) in [6.45, 7) is 2.10. The zero-order valence-corrected chi connectivity index (χ0v) is 10.7. The molecule has 0 aromatic heterocycles. The second-order valence-electron chi connectivity index (χ2n) is 3.78. The molecule has 1 aromatic carbocycles. The SMILES string of the molecule is CCCCCSCC(=O)c1c(F)cccc1F. The summed E-state index contributed by atoms with van der Waals surface area (Å²) < 4.78 is 26.5. The molecule has 0 saturated heterocycles. The summed E-state index contributed by atoms with van der Waals surface area (Å²) in [6, 6.07) is 3.48. The molecule has 0 aliphatic carbocycles. The van der Waals surface area contributed by atoms with Crippen LogP contribution in [-0.4, -0.2) is 17.3 Å². The minimum Gasteiger partial charge on any atom is -0.293 e. The fourth-order valence-corrected chi connectivity index (χ4v) is 2.34. The van der Waals surface area contributed by atoms with Crippen molar-refractivity contribution in [3.63, 3.8) is 0 Å². The fourth-order valence-electron chi connectivity index (χ4n) is 1.46. The Morgan fingerprint density at radius 1 is 1.24 bits per heavy atom. The molecule has 4 heteroatoms. The van der Waals surface area contributed by atoms with Gasteiger partial charge in [-0.2, -0.15) is 11.8 Å². The Hall–Kier alpha value is -0.900. The Morgan fingerprint density at radius 3 is 2.47 bits per heavy atom. The number of carbonyl (C=O) groups is 1. The van der Waals surface area contributed by atoms with Crippen LogP contribution in [0.25, 0.3) is 0 Å². The van der Waals surface area contributed by atoms with Crippen LogP contribution in [0.2, 0.25) is 0 Å². The second kappa shape index (κ2) is 7.43. The van der Waals surface area contributed by atoms with Gasteiger partial charge in [-0.3, -0.25) is 4.79 Å². The number of carbonyl (C=O) groups excluding carboxylic acids is 1. The molecule has 0 N–H and O–H groups in total. The molecule has 1 rings (SSSR count). The van der Waals surface area contributed by atoms with Gasteiger partial charge in [0.2, 0.25) is 0 Å². The lowest BCUT2D eigenvalue weighted by Crippen LogP contribution is -2.08. The van der Waals surface area contributed by atoms with Gasteiger partial charge in [0.1, 0.15) is 11.6 Å². The summed E-state index contributed by atoms with van der Waals surface area (Å²) in [7, 11) is 0. The highest BCUT2D eigenvalue weighted by molar-refractivity contribution is 7.99. The predicted molar refractivity (Wildman–Crippen MR) is 67.5 cm³/mol. The Balaban J connectivity index is 2.47. The molecule has 0 aliphatic rings. The molecule has 0 radical (unpaired) electrons. The number of thioether (sulfide) groups is 1. The predicted octanol–water partition coefficient (Wildman–Crippen LogP) is 4.07.